The molecular formula is C22H20Cl2N2O3. The molecule has 3 aromatic rings. The highest BCUT2D eigenvalue weighted by molar-refractivity contribution is 6.35. The van der Waals surface area contributed by atoms with E-state index < -0.39 is 18.0 Å². The van der Waals surface area contributed by atoms with E-state index in [9.17, 15) is 9.59 Å². The van der Waals surface area contributed by atoms with E-state index in [-0.39, 0.29) is 0 Å². The second kappa shape index (κ2) is 8.72. The number of rotatable bonds is 5. The van der Waals surface area contributed by atoms with Crippen LogP contribution >= 0.6 is 23.2 Å². The number of aryl methyl sites for hydroxylation is 1. The summed E-state index contributed by atoms with van der Waals surface area (Å²) in [5.41, 5.74) is 3.43. The van der Waals surface area contributed by atoms with E-state index in [2.05, 4.69) is 5.32 Å². The number of nitrogens with one attached hydrogen (secondary N) is 1. The van der Waals surface area contributed by atoms with Crippen LogP contribution in [0, 0.1) is 13.8 Å². The van der Waals surface area contributed by atoms with Crippen LogP contribution in [0.2, 0.25) is 10.0 Å². The Labute approximate surface area is 179 Å². The van der Waals surface area contributed by atoms with Crippen LogP contribution in [0.1, 0.15) is 28.7 Å². The monoisotopic (exact) mass is 430 g/mol. The number of ether oxygens (including phenoxy) is 1. The van der Waals surface area contributed by atoms with Gasteiger partial charge in [0.25, 0.3) is 5.91 Å². The van der Waals surface area contributed by atoms with Crippen molar-refractivity contribution in [1.82, 2.24) is 4.57 Å². The number of aromatic nitrogens is 1. The Morgan fingerprint density at radius 2 is 1.62 bits per heavy atom. The number of esters is 1. The maximum atomic E-state index is 12.7. The van der Waals surface area contributed by atoms with Crippen LogP contribution in [0.5, 0.6) is 0 Å². The van der Waals surface area contributed by atoms with E-state index in [1.165, 1.54) is 6.92 Å². The van der Waals surface area contributed by atoms with E-state index in [0.717, 1.165) is 17.1 Å². The van der Waals surface area contributed by atoms with Gasteiger partial charge in [-0.05, 0) is 57.2 Å². The van der Waals surface area contributed by atoms with Crippen LogP contribution < -0.4 is 5.32 Å². The molecule has 0 saturated carbocycles. The SMILES string of the molecule is Cc1cc(C(=O)OC(C)C(=O)Nc2cc(Cl)cc(Cl)c2)c(C)n1-c1ccccc1. The van der Waals surface area contributed by atoms with Gasteiger partial charge >= 0.3 is 5.97 Å². The zero-order chi connectivity index (χ0) is 21.1. The molecule has 1 heterocycles. The molecule has 7 heteroatoms. The largest absolute Gasteiger partial charge is 0.449 e. The van der Waals surface area contributed by atoms with Gasteiger partial charge in [0, 0.05) is 32.8 Å². The Kier molecular flexibility index (Phi) is 6.30. The lowest BCUT2D eigenvalue weighted by molar-refractivity contribution is -0.123. The molecule has 0 spiro atoms. The Morgan fingerprint density at radius 3 is 2.24 bits per heavy atom. The van der Waals surface area contributed by atoms with Crippen molar-refractivity contribution in [2.45, 2.75) is 26.9 Å². The topological polar surface area (TPSA) is 60.3 Å². The molecule has 5 nitrogen and oxygen atoms in total. The molecular weight excluding hydrogens is 411 g/mol. The Morgan fingerprint density at radius 1 is 1.00 bits per heavy atom. The van der Waals surface area contributed by atoms with Crippen LogP contribution in [0.15, 0.2) is 54.6 Å². The Balaban J connectivity index is 1.74. The van der Waals surface area contributed by atoms with Gasteiger partial charge in [-0.1, -0.05) is 41.4 Å². The van der Waals surface area contributed by atoms with Gasteiger partial charge in [-0.3, -0.25) is 4.79 Å². The summed E-state index contributed by atoms with van der Waals surface area (Å²) in [5, 5.41) is 3.44. The predicted octanol–water partition coefficient (Wildman–Crippen LogP) is 5.58. The van der Waals surface area contributed by atoms with Gasteiger partial charge in [-0.25, -0.2) is 4.79 Å². The number of amides is 1. The van der Waals surface area contributed by atoms with Crippen molar-refractivity contribution in [3.8, 4) is 5.69 Å². The number of hydrogen-bond donors (Lipinski definition) is 1. The lowest BCUT2D eigenvalue weighted by atomic mass is 10.2. The molecule has 1 amide bonds. The van der Waals surface area contributed by atoms with E-state index >= 15 is 0 Å². The molecule has 0 aliphatic heterocycles. The van der Waals surface area contributed by atoms with E-state index in [0.29, 0.717) is 21.3 Å². The van der Waals surface area contributed by atoms with Crippen LogP contribution in [-0.2, 0) is 9.53 Å². The highest BCUT2D eigenvalue weighted by atomic mass is 35.5. The average Bonchev–Trinajstić information content (AvgIpc) is 2.95. The fourth-order valence-corrected chi connectivity index (χ4v) is 3.62. The summed E-state index contributed by atoms with van der Waals surface area (Å²) < 4.78 is 7.35. The lowest BCUT2D eigenvalue weighted by Gasteiger charge is -2.14. The summed E-state index contributed by atoms with van der Waals surface area (Å²) in [7, 11) is 0. The van der Waals surface area contributed by atoms with Crippen molar-refractivity contribution < 1.29 is 14.3 Å². The third kappa shape index (κ3) is 4.81. The maximum absolute atomic E-state index is 12.7. The van der Waals surface area contributed by atoms with Crippen molar-refractivity contribution in [3.05, 3.63) is 81.6 Å². The third-order valence-electron chi connectivity index (χ3n) is 4.45. The molecule has 3 rings (SSSR count). The molecule has 1 atom stereocenters. The molecule has 0 radical (unpaired) electrons. The summed E-state index contributed by atoms with van der Waals surface area (Å²) in [5.74, 6) is -1.04. The standard InChI is InChI=1S/C22H20Cl2N2O3/c1-13-9-20(14(2)26(13)19-7-5-4-6-8-19)22(28)29-15(3)21(27)25-18-11-16(23)10-17(24)12-18/h4-12,15H,1-3H3,(H,25,27). The number of carbonyl (C=O) groups excluding carboxylic acids is 2. The molecule has 0 fully saturated rings. The summed E-state index contributed by atoms with van der Waals surface area (Å²) in [6, 6.07) is 16.2. The maximum Gasteiger partial charge on any atom is 0.340 e. The summed E-state index contributed by atoms with van der Waals surface area (Å²) >= 11 is 11.9. The minimum absolute atomic E-state index is 0.394. The molecule has 150 valence electrons. The third-order valence-corrected chi connectivity index (χ3v) is 4.89. The molecule has 1 unspecified atom stereocenters. The molecule has 0 aliphatic carbocycles. The van der Waals surface area contributed by atoms with Gasteiger partial charge in [-0.15, -0.1) is 0 Å². The number of para-hydroxylation sites is 1. The number of carbonyl (C=O) groups is 2. The van der Waals surface area contributed by atoms with Crippen LogP contribution in [0.3, 0.4) is 0 Å². The Bertz CT molecular complexity index is 1040. The van der Waals surface area contributed by atoms with Crippen LogP contribution in [0.4, 0.5) is 5.69 Å². The van der Waals surface area contributed by atoms with Gasteiger partial charge in [-0.2, -0.15) is 0 Å². The molecule has 0 bridgehead atoms. The van der Waals surface area contributed by atoms with Crippen LogP contribution in [-0.4, -0.2) is 22.5 Å². The van der Waals surface area contributed by atoms with E-state index in [1.54, 1.807) is 24.3 Å². The number of halogens is 2. The zero-order valence-corrected chi connectivity index (χ0v) is 17.7. The van der Waals surface area contributed by atoms with Crippen molar-refractivity contribution >= 4 is 40.8 Å². The molecule has 0 saturated heterocycles. The van der Waals surface area contributed by atoms with E-state index in [1.807, 2.05) is 48.7 Å². The number of anilines is 1. The number of benzene rings is 2. The first-order valence-corrected chi connectivity index (χ1v) is 9.74. The predicted molar refractivity (Wildman–Crippen MR) is 115 cm³/mol. The van der Waals surface area contributed by atoms with Crippen molar-refractivity contribution in [2.24, 2.45) is 0 Å². The number of nitrogens with zero attached hydrogens (tertiary/aromatic N) is 1. The summed E-state index contributed by atoms with van der Waals surface area (Å²) in [6.07, 6.45) is -1.000. The quantitative estimate of drug-likeness (QED) is 0.536. The minimum atomic E-state index is -1.000. The van der Waals surface area contributed by atoms with Crippen molar-refractivity contribution in [1.29, 1.82) is 0 Å². The van der Waals surface area contributed by atoms with Gasteiger partial charge < -0.3 is 14.6 Å². The summed E-state index contributed by atoms with van der Waals surface area (Å²) in [4.78, 5) is 25.1. The minimum Gasteiger partial charge on any atom is -0.449 e. The smallest absolute Gasteiger partial charge is 0.340 e. The molecule has 1 N–H and O–H groups in total. The van der Waals surface area contributed by atoms with Crippen molar-refractivity contribution in [2.75, 3.05) is 5.32 Å². The Hall–Kier alpha value is -2.76. The van der Waals surface area contributed by atoms with Gasteiger partial charge in [0.05, 0.1) is 5.56 Å². The normalized spacial score (nSPS) is 11.8. The van der Waals surface area contributed by atoms with Gasteiger partial charge in [0.1, 0.15) is 0 Å². The number of hydrogen-bond acceptors (Lipinski definition) is 3. The molecule has 2 aromatic carbocycles. The highest BCUT2D eigenvalue weighted by Crippen LogP contribution is 2.24. The van der Waals surface area contributed by atoms with Crippen LogP contribution in [0.25, 0.3) is 5.69 Å². The molecule has 1 aromatic heterocycles. The fraction of sp³-hybridized carbons (Fsp3) is 0.182. The first kappa shape index (κ1) is 21.0. The van der Waals surface area contributed by atoms with E-state index in [4.69, 9.17) is 27.9 Å². The average molecular weight is 431 g/mol. The second-order valence-electron chi connectivity index (χ2n) is 6.65. The lowest BCUT2D eigenvalue weighted by Crippen LogP contribution is -2.30. The molecule has 0 aliphatic rings. The fourth-order valence-electron chi connectivity index (χ4n) is 3.09. The second-order valence-corrected chi connectivity index (χ2v) is 7.52. The zero-order valence-electron chi connectivity index (χ0n) is 16.2. The van der Waals surface area contributed by atoms with Gasteiger partial charge in [0.15, 0.2) is 6.10 Å². The first-order valence-electron chi connectivity index (χ1n) is 8.98. The summed E-state index contributed by atoms with van der Waals surface area (Å²) in [6.45, 7) is 5.26. The van der Waals surface area contributed by atoms with Gasteiger partial charge in [0.2, 0.25) is 0 Å². The van der Waals surface area contributed by atoms with Crippen molar-refractivity contribution in [3.63, 3.8) is 0 Å². The highest BCUT2D eigenvalue weighted by Gasteiger charge is 2.23. The molecule has 29 heavy (non-hydrogen) atoms. The first-order chi connectivity index (χ1) is 13.8.